The number of nitrogens with zero attached hydrogens (tertiary/aromatic N) is 2. The van der Waals surface area contributed by atoms with Gasteiger partial charge in [-0.05, 0) is 30.9 Å². The van der Waals surface area contributed by atoms with Gasteiger partial charge in [0.2, 0.25) is 0 Å². The standard InChI is InChI=1S/C9H14N2/c1-6(2)9-7(3)5-10-11-8(9)4/h5-6H,1-4H3. The predicted octanol–water partition coefficient (Wildman–Crippen LogP) is 2.22. The van der Waals surface area contributed by atoms with Crippen molar-refractivity contribution >= 4 is 0 Å². The summed E-state index contributed by atoms with van der Waals surface area (Å²) in [5, 5.41) is 7.89. The van der Waals surface area contributed by atoms with Crippen LogP contribution in [-0.4, -0.2) is 10.2 Å². The maximum Gasteiger partial charge on any atom is 0.0637 e. The van der Waals surface area contributed by atoms with E-state index in [0.717, 1.165) is 5.69 Å². The van der Waals surface area contributed by atoms with Crippen LogP contribution < -0.4 is 0 Å². The number of aryl methyl sites for hydroxylation is 2. The molecule has 0 spiro atoms. The molecule has 0 N–H and O–H groups in total. The monoisotopic (exact) mass is 150 g/mol. The van der Waals surface area contributed by atoms with Crippen LogP contribution in [0.15, 0.2) is 6.20 Å². The summed E-state index contributed by atoms with van der Waals surface area (Å²) in [7, 11) is 0. The molecule has 0 aliphatic carbocycles. The second-order valence-corrected chi connectivity index (χ2v) is 3.18. The molecule has 1 heterocycles. The lowest BCUT2D eigenvalue weighted by Crippen LogP contribution is -2.00. The molecule has 1 rings (SSSR count). The lowest BCUT2D eigenvalue weighted by atomic mass is 9.98. The second kappa shape index (κ2) is 2.99. The molecule has 1 aromatic rings. The minimum absolute atomic E-state index is 0.547. The van der Waals surface area contributed by atoms with Crippen LogP contribution in [0.4, 0.5) is 0 Å². The minimum atomic E-state index is 0.547. The molecule has 0 aromatic carbocycles. The first kappa shape index (κ1) is 8.18. The van der Waals surface area contributed by atoms with Crippen molar-refractivity contribution in [2.75, 3.05) is 0 Å². The van der Waals surface area contributed by atoms with Crippen molar-refractivity contribution in [2.45, 2.75) is 33.6 Å². The van der Waals surface area contributed by atoms with E-state index in [1.54, 1.807) is 0 Å². The van der Waals surface area contributed by atoms with Crippen LogP contribution in [0.1, 0.15) is 36.6 Å². The molecule has 2 heteroatoms. The van der Waals surface area contributed by atoms with Gasteiger partial charge in [-0.15, -0.1) is 0 Å². The SMILES string of the molecule is Cc1cnnc(C)c1C(C)C. The van der Waals surface area contributed by atoms with E-state index in [9.17, 15) is 0 Å². The van der Waals surface area contributed by atoms with E-state index >= 15 is 0 Å². The topological polar surface area (TPSA) is 25.8 Å². The summed E-state index contributed by atoms with van der Waals surface area (Å²) in [5.74, 6) is 0.547. The fraction of sp³-hybridized carbons (Fsp3) is 0.556. The highest BCUT2D eigenvalue weighted by Crippen LogP contribution is 2.19. The van der Waals surface area contributed by atoms with Crippen LogP contribution in [0.25, 0.3) is 0 Å². The van der Waals surface area contributed by atoms with Gasteiger partial charge < -0.3 is 0 Å². The Kier molecular flexibility index (Phi) is 2.22. The highest BCUT2D eigenvalue weighted by Gasteiger charge is 2.06. The van der Waals surface area contributed by atoms with Crippen molar-refractivity contribution in [3.05, 3.63) is 23.0 Å². The number of hydrogen-bond donors (Lipinski definition) is 0. The maximum absolute atomic E-state index is 4.01. The van der Waals surface area contributed by atoms with Gasteiger partial charge in [-0.25, -0.2) is 0 Å². The Hall–Kier alpha value is -0.920. The zero-order valence-electron chi connectivity index (χ0n) is 7.55. The van der Waals surface area contributed by atoms with Gasteiger partial charge >= 0.3 is 0 Å². The van der Waals surface area contributed by atoms with Crippen molar-refractivity contribution in [3.8, 4) is 0 Å². The Morgan fingerprint density at radius 3 is 2.27 bits per heavy atom. The summed E-state index contributed by atoms with van der Waals surface area (Å²) < 4.78 is 0. The Morgan fingerprint density at radius 1 is 1.27 bits per heavy atom. The molecule has 0 amide bonds. The van der Waals surface area contributed by atoms with Gasteiger partial charge in [0.25, 0.3) is 0 Å². The molecule has 0 saturated heterocycles. The summed E-state index contributed by atoms with van der Waals surface area (Å²) in [6.07, 6.45) is 1.82. The van der Waals surface area contributed by atoms with Crippen molar-refractivity contribution in [2.24, 2.45) is 0 Å². The average Bonchev–Trinajstić information content (AvgIpc) is 1.85. The van der Waals surface area contributed by atoms with Crippen LogP contribution in [0.5, 0.6) is 0 Å². The summed E-state index contributed by atoms with van der Waals surface area (Å²) >= 11 is 0. The summed E-state index contributed by atoms with van der Waals surface area (Å²) in [5.41, 5.74) is 3.63. The summed E-state index contributed by atoms with van der Waals surface area (Å²) in [4.78, 5) is 0. The molecular formula is C9H14N2. The minimum Gasteiger partial charge on any atom is -0.159 e. The number of hydrogen-bond acceptors (Lipinski definition) is 2. The summed E-state index contributed by atoms with van der Waals surface area (Å²) in [6.45, 7) is 8.44. The lowest BCUT2D eigenvalue weighted by Gasteiger charge is -2.10. The zero-order chi connectivity index (χ0) is 8.43. The van der Waals surface area contributed by atoms with E-state index < -0.39 is 0 Å². The van der Waals surface area contributed by atoms with Crippen molar-refractivity contribution < 1.29 is 0 Å². The predicted molar refractivity (Wildman–Crippen MR) is 45.6 cm³/mol. The van der Waals surface area contributed by atoms with Gasteiger partial charge in [0.15, 0.2) is 0 Å². The fourth-order valence-electron chi connectivity index (χ4n) is 1.48. The Bertz CT molecular complexity index is 233. The van der Waals surface area contributed by atoms with E-state index in [1.165, 1.54) is 11.1 Å². The third kappa shape index (κ3) is 1.56. The molecule has 60 valence electrons. The Labute approximate surface area is 67.7 Å². The van der Waals surface area contributed by atoms with Crippen LogP contribution in [0.3, 0.4) is 0 Å². The van der Waals surface area contributed by atoms with Gasteiger partial charge in [0.1, 0.15) is 0 Å². The smallest absolute Gasteiger partial charge is 0.0637 e. The number of aromatic nitrogens is 2. The quantitative estimate of drug-likeness (QED) is 0.613. The van der Waals surface area contributed by atoms with Gasteiger partial charge in [0.05, 0.1) is 11.9 Å². The number of rotatable bonds is 1. The molecule has 0 bridgehead atoms. The normalized spacial score (nSPS) is 10.6. The molecule has 0 aliphatic heterocycles. The van der Waals surface area contributed by atoms with E-state index in [4.69, 9.17) is 0 Å². The summed E-state index contributed by atoms with van der Waals surface area (Å²) in [6, 6.07) is 0. The zero-order valence-corrected chi connectivity index (χ0v) is 7.55. The van der Waals surface area contributed by atoms with E-state index in [1.807, 2.05) is 13.1 Å². The molecule has 1 aromatic heterocycles. The van der Waals surface area contributed by atoms with Crippen LogP contribution in [0.2, 0.25) is 0 Å². The Balaban J connectivity index is 3.21. The maximum atomic E-state index is 4.01. The first-order valence-corrected chi connectivity index (χ1v) is 3.91. The van der Waals surface area contributed by atoms with Crippen molar-refractivity contribution in [3.63, 3.8) is 0 Å². The first-order valence-electron chi connectivity index (χ1n) is 3.91. The molecule has 0 atom stereocenters. The van der Waals surface area contributed by atoms with Gasteiger partial charge in [-0.3, -0.25) is 0 Å². The average molecular weight is 150 g/mol. The molecule has 11 heavy (non-hydrogen) atoms. The highest BCUT2D eigenvalue weighted by atomic mass is 15.1. The Morgan fingerprint density at radius 2 is 1.91 bits per heavy atom. The third-order valence-electron chi connectivity index (χ3n) is 1.85. The molecule has 0 fully saturated rings. The van der Waals surface area contributed by atoms with Crippen LogP contribution >= 0.6 is 0 Å². The van der Waals surface area contributed by atoms with Crippen molar-refractivity contribution in [1.29, 1.82) is 0 Å². The van der Waals surface area contributed by atoms with E-state index in [-0.39, 0.29) is 0 Å². The van der Waals surface area contributed by atoms with Crippen LogP contribution in [-0.2, 0) is 0 Å². The van der Waals surface area contributed by atoms with Gasteiger partial charge in [-0.2, -0.15) is 10.2 Å². The first-order chi connectivity index (χ1) is 5.13. The van der Waals surface area contributed by atoms with Crippen molar-refractivity contribution in [1.82, 2.24) is 10.2 Å². The molecular weight excluding hydrogens is 136 g/mol. The molecule has 0 unspecified atom stereocenters. The molecule has 2 nitrogen and oxygen atoms in total. The largest absolute Gasteiger partial charge is 0.159 e. The van der Waals surface area contributed by atoms with Gasteiger partial charge in [0, 0.05) is 0 Å². The van der Waals surface area contributed by atoms with Gasteiger partial charge in [-0.1, -0.05) is 13.8 Å². The molecule has 0 aliphatic rings. The highest BCUT2D eigenvalue weighted by molar-refractivity contribution is 5.28. The second-order valence-electron chi connectivity index (χ2n) is 3.18. The lowest BCUT2D eigenvalue weighted by molar-refractivity contribution is 0.806. The van der Waals surface area contributed by atoms with E-state index in [2.05, 4.69) is 31.0 Å². The molecule has 0 radical (unpaired) electrons. The molecule has 0 saturated carbocycles. The fourth-order valence-corrected chi connectivity index (χ4v) is 1.48. The third-order valence-corrected chi connectivity index (χ3v) is 1.85. The van der Waals surface area contributed by atoms with E-state index in [0.29, 0.717) is 5.92 Å². The van der Waals surface area contributed by atoms with Crippen LogP contribution in [0, 0.1) is 13.8 Å².